The molecule has 0 amide bonds. The van der Waals surface area contributed by atoms with Gasteiger partial charge in [0.25, 0.3) is 5.89 Å². The van der Waals surface area contributed by atoms with Crippen LogP contribution in [0.5, 0.6) is 0 Å². The van der Waals surface area contributed by atoms with Crippen LogP contribution in [0.2, 0.25) is 0 Å². The van der Waals surface area contributed by atoms with E-state index in [9.17, 15) is 0 Å². The third-order valence-electron chi connectivity index (χ3n) is 3.71. The Hall–Kier alpha value is -0.940. The minimum atomic E-state index is -0.169. The van der Waals surface area contributed by atoms with Crippen molar-refractivity contribution in [3.63, 3.8) is 0 Å². The van der Waals surface area contributed by atoms with Gasteiger partial charge in [-0.3, -0.25) is 0 Å². The highest BCUT2D eigenvalue weighted by Crippen LogP contribution is 2.25. The van der Waals surface area contributed by atoms with Crippen LogP contribution in [0, 0.1) is 0 Å². The van der Waals surface area contributed by atoms with Crippen molar-refractivity contribution in [3.8, 4) is 0 Å². The number of nitrogens with zero attached hydrogens (tertiary/aromatic N) is 2. The summed E-state index contributed by atoms with van der Waals surface area (Å²) in [6.07, 6.45) is 7.10. The fourth-order valence-corrected chi connectivity index (χ4v) is 2.48. The second-order valence-electron chi connectivity index (χ2n) is 5.97. The van der Waals surface area contributed by atoms with Crippen LogP contribution in [-0.4, -0.2) is 22.3 Å². The molecule has 1 aliphatic rings. The first-order valence-corrected chi connectivity index (χ1v) is 7.28. The van der Waals surface area contributed by atoms with Crippen LogP contribution in [0.25, 0.3) is 0 Å². The highest BCUT2D eigenvalue weighted by Gasteiger charge is 2.26. The molecule has 0 radical (unpaired) electrons. The third kappa shape index (κ3) is 4.28. The Labute approximate surface area is 114 Å². The summed E-state index contributed by atoms with van der Waals surface area (Å²) < 4.78 is 10.8. The van der Waals surface area contributed by atoms with Crippen LogP contribution >= 0.6 is 0 Å². The quantitative estimate of drug-likeness (QED) is 0.830. The maximum Gasteiger partial charge on any atom is 0.252 e. The summed E-state index contributed by atoms with van der Waals surface area (Å²) in [5, 5.41) is 3.92. The molecule has 0 spiro atoms. The smallest absolute Gasteiger partial charge is 0.252 e. The molecule has 19 heavy (non-hydrogen) atoms. The van der Waals surface area contributed by atoms with E-state index >= 15 is 0 Å². The van der Waals surface area contributed by atoms with Crippen LogP contribution in [0.4, 0.5) is 0 Å². The first kappa shape index (κ1) is 14.5. The van der Waals surface area contributed by atoms with E-state index in [0.29, 0.717) is 19.1 Å². The van der Waals surface area contributed by atoms with E-state index < -0.39 is 0 Å². The van der Waals surface area contributed by atoms with Gasteiger partial charge < -0.3 is 15.0 Å². The van der Waals surface area contributed by atoms with Crippen LogP contribution < -0.4 is 5.73 Å². The summed E-state index contributed by atoms with van der Waals surface area (Å²) >= 11 is 0. The lowest BCUT2D eigenvalue weighted by Crippen LogP contribution is -2.43. The van der Waals surface area contributed by atoms with Crippen molar-refractivity contribution in [3.05, 3.63) is 11.7 Å². The zero-order chi connectivity index (χ0) is 13.7. The Balaban J connectivity index is 1.78. The summed E-state index contributed by atoms with van der Waals surface area (Å²) in [5.74, 6) is 1.55. The first-order chi connectivity index (χ1) is 9.09. The van der Waals surface area contributed by atoms with E-state index in [1.54, 1.807) is 0 Å². The fourth-order valence-electron chi connectivity index (χ4n) is 2.48. The van der Waals surface area contributed by atoms with Crippen LogP contribution in [0.1, 0.15) is 70.0 Å². The number of ether oxygens (including phenoxy) is 1. The number of rotatable bonds is 5. The molecule has 0 aromatic carbocycles. The molecule has 2 N–H and O–H groups in total. The van der Waals surface area contributed by atoms with Gasteiger partial charge in [0, 0.05) is 11.5 Å². The van der Waals surface area contributed by atoms with Crippen molar-refractivity contribution in [2.45, 2.75) is 70.4 Å². The molecule has 1 aliphatic carbocycles. The molecule has 1 aromatic heterocycles. The zero-order valence-corrected chi connectivity index (χ0v) is 12.0. The minimum Gasteiger partial charge on any atom is -0.370 e. The van der Waals surface area contributed by atoms with Crippen molar-refractivity contribution >= 4 is 0 Å². The van der Waals surface area contributed by atoms with Crippen molar-refractivity contribution < 1.29 is 9.26 Å². The predicted molar refractivity (Wildman–Crippen MR) is 72.7 cm³/mol. The summed E-state index contributed by atoms with van der Waals surface area (Å²) in [5.41, 5.74) is 6.22. The second-order valence-corrected chi connectivity index (χ2v) is 5.97. The highest BCUT2D eigenvalue weighted by molar-refractivity contribution is 4.91. The summed E-state index contributed by atoms with van der Waals surface area (Å²) in [6.45, 7) is 5.01. The number of nitrogens with two attached hydrogens (primary N) is 1. The number of hydrogen-bond acceptors (Lipinski definition) is 5. The molecular weight excluding hydrogens is 242 g/mol. The molecule has 0 atom stereocenters. The first-order valence-electron chi connectivity index (χ1n) is 7.28. The lowest BCUT2D eigenvalue weighted by molar-refractivity contribution is 0.0517. The lowest BCUT2D eigenvalue weighted by Gasteiger charge is -2.27. The third-order valence-corrected chi connectivity index (χ3v) is 3.71. The monoisotopic (exact) mass is 267 g/mol. The molecule has 0 bridgehead atoms. The van der Waals surface area contributed by atoms with Crippen molar-refractivity contribution in [2.75, 3.05) is 6.61 Å². The average molecular weight is 267 g/mol. The molecule has 1 saturated carbocycles. The molecule has 2 rings (SSSR count). The topological polar surface area (TPSA) is 74.2 Å². The summed E-state index contributed by atoms with van der Waals surface area (Å²) in [4.78, 5) is 4.29. The van der Waals surface area contributed by atoms with Crippen molar-refractivity contribution in [1.82, 2.24) is 10.1 Å². The molecular formula is C14H25N3O2. The average Bonchev–Trinajstić information content (AvgIpc) is 2.73. The molecule has 108 valence electrons. The van der Waals surface area contributed by atoms with Gasteiger partial charge in [0.2, 0.25) is 0 Å². The minimum absolute atomic E-state index is 0.169. The molecule has 0 unspecified atom stereocenters. The predicted octanol–water partition coefficient (Wildman–Crippen LogP) is 2.76. The van der Waals surface area contributed by atoms with Gasteiger partial charge in [-0.15, -0.1) is 0 Å². The van der Waals surface area contributed by atoms with E-state index in [1.807, 2.05) is 13.8 Å². The lowest BCUT2D eigenvalue weighted by atomic mass is 9.93. The van der Waals surface area contributed by atoms with Gasteiger partial charge in [0.1, 0.15) is 6.61 Å². The van der Waals surface area contributed by atoms with E-state index in [-0.39, 0.29) is 11.5 Å². The Morgan fingerprint density at radius 1 is 1.26 bits per heavy atom. The molecule has 1 heterocycles. The standard InChI is InChI=1S/C14H25N3O2/c1-11(2)13-16-12(19-17-13)9-18-10-14(15)7-5-3-4-6-8-14/h11H,3-10,15H2,1-2H3. The van der Waals surface area contributed by atoms with Gasteiger partial charge in [0.05, 0.1) is 6.61 Å². The Morgan fingerprint density at radius 2 is 1.95 bits per heavy atom. The SMILES string of the molecule is CC(C)c1noc(COCC2(N)CCCCCC2)n1. The number of hydrogen-bond donors (Lipinski definition) is 1. The zero-order valence-electron chi connectivity index (χ0n) is 12.0. The van der Waals surface area contributed by atoms with E-state index in [0.717, 1.165) is 18.7 Å². The van der Waals surface area contributed by atoms with E-state index in [1.165, 1.54) is 25.7 Å². The Bertz CT molecular complexity index is 382. The largest absolute Gasteiger partial charge is 0.370 e. The van der Waals surface area contributed by atoms with Gasteiger partial charge in [-0.05, 0) is 12.8 Å². The molecule has 5 nitrogen and oxygen atoms in total. The van der Waals surface area contributed by atoms with Crippen LogP contribution in [0.3, 0.4) is 0 Å². The summed E-state index contributed by atoms with van der Waals surface area (Å²) in [7, 11) is 0. The van der Waals surface area contributed by atoms with Gasteiger partial charge in [-0.25, -0.2) is 0 Å². The Kier molecular flexibility index (Phi) is 4.93. The Morgan fingerprint density at radius 3 is 2.53 bits per heavy atom. The fraction of sp³-hybridized carbons (Fsp3) is 0.857. The highest BCUT2D eigenvalue weighted by atomic mass is 16.5. The van der Waals surface area contributed by atoms with Gasteiger partial charge in [-0.2, -0.15) is 4.98 Å². The van der Waals surface area contributed by atoms with Crippen LogP contribution in [-0.2, 0) is 11.3 Å². The molecule has 5 heteroatoms. The van der Waals surface area contributed by atoms with Crippen molar-refractivity contribution in [2.24, 2.45) is 5.73 Å². The number of aromatic nitrogens is 2. The maximum atomic E-state index is 6.39. The second kappa shape index (κ2) is 6.48. The molecule has 0 saturated heterocycles. The molecule has 1 aromatic rings. The molecule has 0 aliphatic heterocycles. The van der Waals surface area contributed by atoms with Gasteiger partial charge in [0.15, 0.2) is 5.82 Å². The van der Waals surface area contributed by atoms with Crippen molar-refractivity contribution in [1.29, 1.82) is 0 Å². The normalized spacial score (nSPS) is 19.6. The van der Waals surface area contributed by atoms with Crippen LogP contribution in [0.15, 0.2) is 4.52 Å². The van der Waals surface area contributed by atoms with Gasteiger partial charge >= 0.3 is 0 Å². The van der Waals surface area contributed by atoms with E-state index in [2.05, 4.69) is 10.1 Å². The van der Waals surface area contributed by atoms with E-state index in [4.69, 9.17) is 15.0 Å². The molecule has 1 fully saturated rings. The summed E-state index contributed by atoms with van der Waals surface area (Å²) in [6, 6.07) is 0. The van der Waals surface area contributed by atoms with Gasteiger partial charge in [-0.1, -0.05) is 44.7 Å². The maximum absolute atomic E-state index is 6.39.